The van der Waals surface area contributed by atoms with Gasteiger partial charge in [0.1, 0.15) is 18.1 Å². The molecule has 0 saturated carbocycles. The van der Waals surface area contributed by atoms with Crippen molar-refractivity contribution < 1.29 is 19.1 Å². The lowest BCUT2D eigenvalue weighted by atomic mass is 10.1. The summed E-state index contributed by atoms with van der Waals surface area (Å²) in [5.74, 6) is 0.118. The molecule has 8 nitrogen and oxygen atoms in total. The maximum absolute atomic E-state index is 12.9. The summed E-state index contributed by atoms with van der Waals surface area (Å²) in [5, 5.41) is 5.50. The van der Waals surface area contributed by atoms with Gasteiger partial charge in [-0.1, -0.05) is 6.07 Å². The van der Waals surface area contributed by atoms with Gasteiger partial charge in [-0.2, -0.15) is 0 Å². The third-order valence-electron chi connectivity index (χ3n) is 4.00. The van der Waals surface area contributed by atoms with Crippen LogP contribution in [-0.4, -0.2) is 41.9 Å². The molecule has 0 aliphatic rings. The molecule has 0 radical (unpaired) electrons. The fourth-order valence-corrected chi connectivity index (χ4v) is 2.68. The van der Waals surface area contributed by atoms with E-state index in [1.807, 2.05) is 20.8 Å². The van der Waals surface area contributed by atoms with Gasteiger partial charge in [-0.05, 0) is 57.2 Å². The zero-order valence-electron chi connectivity index (χ0n) is 17.8. The highest BCUT2D eigenvalue weighted by Gasteiger charge is 2.22. The number of anilines is 2. The van der Waals surface area contributed by atoms with Crippen LogP contribution in [0.15, 0.2) is 48.7 Å². The van der Waals surface area contributed by atoms with Crippen molar-refractivity contribution >= 4 is 29.2 Å². The summed E-state index contributed by atoms with van der Waals surface area (Å²) < 4.78 is 5.15. The maximum Gasteiger partial charge on any atom is 0.240 e. The van der Waals surface area contributed by atoms with E-state index in [2.05, 4.69) is 15.6 Å². The van der Waals surface area contributed by atoms with E-state index >= 15 is 0 Å². The molecule has 0 aliphatic heterocycles. The van der Waals surface area contributed by atoms with Crippen LogP contribution in [0.3, 0.4) is 0 Å². The number of nitrogens with zero attached hydrogens (tertiary/aromatic N) is 2. The smallest absolute Gasteiger partial charge is 0.240 e. The van der Waals surface area contributed by atoms with Crippen molar-refractivity contribution in [2.24, 2.45) is 0 Å². The molecule has 0 fully saturated rings. The van der Waals surface area contributed by atoms with Crippen LogP contribution in [0.5, 0.6) is 5.75 Å². The fourth-order valence-electron chi connectivity index (χ4n) is 2.68. The number of hydrogen-bond donors (Lipinski definition) is 2. The summed E-state index contributed by atoms with van der Waals surface area (Å²) in [4.78, 5) is 42.9. The number of ether oxygens (including phenoxy) is 1. The van der Waals surface area contributed by atoms with Crippen molar-refractivity contribution in [3.8, 4) is 5.75 Å². The van der Waals surface area contributed by atoms with E-state index < -0.39 is 5.54 Å². The molecule has 2 rings (SSSR count). The quantitative estimate of drug-likeness (QED) is 0.694. The molecule has 0 bridgehead atoms. The standard InChI is InChI=1S/C22H28N4O4/c1-22(2,3)25-20(28)15-26(16-8-10-17(30-4)11-9-16)21(29)13-12-19(27)24-18-7-5-6-14-23-18/h5-11,14H,12-13,15H2,1-4H3,(H,25,28)(H,23,24,27). The Balaban J connectivity index is 2.06. The molecule has 0 spiro atoms. The van der Waals surface area contributed by atoms with E-state index in [0.717, 1.165) is 0 Å². The van der Waals surface area contributed by atoms with Crippen molar-refractivity contribution in [2.45, 2.75) is 39.2 Å². The van der Waals surface area contributed by atoms with Crippen LogP contribution in [0.4, 0.5) is 11.5 Å². The number of pyridine rings is 1. The minimum absolute atomic E-state index is 0.0248. The number of nitrogens with one attached hydrogen (secondary N) is 2. The average Bonchev–Trinajstić information content (AvgIpc) is 2.70. The van der Waals surface area contributed by atoms with Gasteiger partial charge < -0.3 is 20.3 Å². The monoisotopic (exact) mass is 412 g/mol. The van der Waals surface area contributed by atoms with E-state index in [0.29, 0.717) is 17.3 Å². The molecular formula is C22H28N4O4. The molecule has 0 saturated heterocycles. The lowest BCUT2D eigenvalue weighted by molar-refractivity contribution is -0.125. The normalized spacial score (nSPS) is 10.8. The first kappa shape index (κ1) is 22.9. The van der Waals surface area contributed by atoms with E-state index in [1.54, 1.807) is 55.8 Å². The second-order valence-corrected chi connectivity index (χ2v) is 7.74. The maximum atomic E-state index is 12.9. The Hall–Kier alpha value is -3.42. The molecular weight excluding hydrogens is 384 g/mol. The van der Waals surface area contributed by atoms with E-state index in [9.17, 15) is 14.4 Å². The number of amides is 3. The predicted molar refractivity (Wildman–Crippen MR) is 115 cm³/mol. The molecule has 8 heteroatoms. The van der Waals surface area contributed by atoms with Crippen molar-refractivity contribution in [1.29, 1.82) is 0 Å². The van der Waals surface area contributed by atoms with Gasteiger partial charge in [0, 0.05) is 30.3 Å². The van der Waals surface area contributed by atoms with Crippen LogP contribution in [0.1, 0.15) is 33.6 Å². The molecule has 160 valence electrons. The number of hydrogen-bond acceptors (Lipinski definition) is 5. The van der Waals surface area contributed by atoms with E-state index in [-0.39, 0.29) is 37.1 Å². The molecule has 1 aromatic carbocycles. The number of rotatable bonds is 8. The summed E-state index contributed by atoms with van der Waals surface area (Å²) in [6.45, 7) is 5.45. The number of methoxy groups -OCH3 is 1. The SMILES string of the molecule is COc1ccc(N(CC(=O)NC(C)(C)C)C(=O)CCC(=O)Nc2ccccn2)cc1. The van der Waals surface area contributed by atoms with Gasteiger partial charge in [-0.15, -0.1) is 0 Å². The fraction of sp³-hybridized carbons (Fsp3) is 0.364. The highest BCUT2D eigenvalue weighted by Crippen LogP contribution is 2.20. The van der Waals surface area contributed by atoms with Crippen molar-refractivity contribution in [3.05, 3.63) is 48.7 Å². The van der Waals surface area contributed by atoms with Crippen molar-refractivity contribution in [2.75, 3.05) is 23.9 Å². The Bertz CT molecular complexity index is 861. The Morgan fingerprint density at radius 2 is 1.70 bits per heavy atom. The third kappa shape index (κ3) is 7.54. The molecule has 30 heavy (non-hydrogen) atoms. The summed E-state index contributed by atoms with van der Waals surface area (Å²) in [6, 6.07) is 12.0. The third-order valence-corrected chi connectivity index (χ3v) is 4.00. The van der Waals surface area contributed by atoms with E-state index in [4.69, 9.17) is 4.74 Å². The molecule has 0 unspecified atom stereocenters. The Labute approximate surface area is 176 Å². The zero-order chi connectivity index (χ0) is 22.1. The lowest BCUT2D eigenvalue weighted by Crippen LogP contribution is -2.47. The van der Waals surface area contributed by atoms with Gasteiger partial charge in [0.25, 0.3) is 0 Å². The molecule has 1 aromatic heterocycles. The average molecular weight is 412 g/mol. The van der Waals surface area contributed by atoms with Crippen LogP contribution in [0.25, 0.3) is 0 Å². The van der Waals surface area contributed by atoms with Gasteiger partial charge in [0.05, 0.1) is 7.11 Å². The second kappa shape index (κ2) is 10.4. The minimum Gasteiger partial charge on any atom is -0.497 e. The molecule has 0 aliphatic carbocycles. The van der Waals surface area contributed by atoms with Crippen LogP contribution in [0, 0.1) is 0 Å². The summed E-state index contributed by atoms with van der Waals surface area (Å²) in [5.41, 5.74) is 0.129. The largest absolute Gasteiger partial charge is 0.497 e. The Morgan fingerprint density at radius 1 is 1.00 bits per heavy atom. The minimum atomic E-state index is -0.422. The molecule has 1 heterocycles. The Morgan fingerprint density at radius 3 is 2.27 bits per heavy atom. The first-order valence-electron chi connectivity index (χ1n) is 9.64. The van der Waals surface area contributed by atoms with Gasteiger partial charge in [0.2, 0.25) is 17.7 Å². The Kier molecular flexibility index (Phi) is 7.91. The number of carbonyl (C=O) groups is 3. The van der Waals surface area contributed by atoms with Crippen LogP contribution >= 0.6 is 0 Å². The number of aromatic nitrogens is 1. The van der Waals surface area contributed by atoms with Crippen molar-refractivity contribution in [1.82, 2.24) is 10.3 Å². The first-order chi connectivity index (χ1) is 14.2. The summed E-state index contributed by atoms with van der Waals surface area (Å²) in [7, 11) is 1.55. The predicted octanol–water partition coefficient (Wildman–Crippen LogP) is 2.76. The van der Waals surface area contributed by atoms with Crippen LogP contribution in [-0.2, 0) is 14.4 Å². The van der Waals surface area contributed by atoms with Gasteiger partial charge in [-0.25, -0.2) is 4.98 Å². The summed E-state index contributed by atoms with van der Waals surface area (Å²) >= 11 is 0. The zero-order valence-corrected chi connectivity index (χ0v) is 17.8. The van der Waals surface area contributed by atoms with Gasteiger partial charge >= 0.3 is 0 Å². The van der Waals surface area contributed by atoms with Crippen molar-refractivity contribution in [3.63, 3.8) is 0 Å². The second-order valence-electron chi connectivity index (χ2n) is 7.74. The first-order valence-corrected chi connectivity index (χ1v) is 9.64. The van der Waals surface area contributed by atoms with Crippen LogP contribution in [0.2, 0.25) is 0 Å². The highest BCUT2D eigenvalue weighted by molar-refractivity contribution is 6.01. The number of carbonyl (C=O) groups excluding carboxylic acids is 3. The van der Waals surface area contributed by atoms with Crippen LogP contribution < -0.4 is 20.3 Å². The molecule has 2 N–H and O–H groups in total. The van der Waals surface area contributed by atoms with E-state index in [1.165, 1.54) is 4.90 Å². The highest BCUT2D eigenvalue weighted by atomic mass is 16.5. The lowest BCUT2D eigenvalue weighted by Gasteiger charge is -2.26. The molecule has 2 aromatic rings. The topological polar surface area (TPSA) is 101 Å². The van der Waals surface area contributed by atoms with Gasteiger partial charge in [-0.3, -0.25) is 14.4 Å². The molecule has 0 atom stereocenters. The summed E-state index contributed by atoms with van der Waals surface area (Å²) in [6.07, 6.45) is 1.50. The van der Waals surface area contributed by atoms with Gasteiger partial charge in [0.15, 0.2) is 0 Å². The number of benzene rings is 1. The molecule has 3 amide bonds.